The van der Waals surface area contributed by atoms with Crippen LogP contribution >= 0.6 is 0 Å². The van der Waals surface area contributed by atoms with Gasteiger partial charge in [0.05, 0.1) is 6.61 Å². The molecule has 0 bridgehead atoms. The molecule has 0 amide bonds. The van der Waals surface area contributed by atoms with Crippen molar-refractivity contribution in [1.29, 1.82) is 0 Å². The van der Waals surface area contributed by atoms with Crippen molar-refractivity contribution in [2.75, 3.05) is 11.9 Å². The van der Waals surface area contributed by atoms with E-state index in [1.165, 1.54) is 0 Å². The monoisotopic (exact) mass is 287 g/mol. The van der Waals surface area contributed by atoms with Gasteiger partial charge in [0.2, 0.25) is 5.88 Å². The van der Waals surface area contributed by atoms with E-state index in [2.05, 4.69) is 22.2 Å². The van der Waals surface area contributed by atoms with Gasteiger partial charge in [-0.25, -0.2) is 4.98 Å². The van der Waals surface area contributed by atoms with Crippen molar-refractivity contribution in [3.05, 3.63) is 41.7 Å². The summed E-state index contributed by atoms with van der Waals surface area (Å²) in [5, 5.41) is 12.3. The molecular formula is C16H21N3O2. The first-order valence-electron chi connectivity index (χ1n) is 7.24. The fraction of sp³-hybridized carbons (Fsp3) is 0.375. The van der Waals surface area contributed by atoms with Crippen LogP contribution in [0.15, 0.2) is 30.3 Å². The molecule has 2 aromatic rings. The zero-order chi connectivity index (χ0) is 15.1. The van der Waals surface area contributed by atoms with Gasteiger partial charge in [-0.15, -0.1) is 0 Å². The maximum atomic E-state index is 9.04. The minimum atomic E-state index is 0.0266. The van der Waals surface area contributed by atoms with Crippen LogP contribution in [-0.4, -0.2) is 21.6 Å². The van der Waals surface area contributed by atoms with Gasteiger partial charge in [0, 0.05) is 19.0 Å². The average Bonchev–Trinajstić information content (AvgIpc) is 2.53. The van der Waals surface area contributed by atoms with E-state index in [9.17, 15) is 0 Å². The van der Waals surface area contributed by atoms with E-state index >= 15 is 0 Å². The molecule has 0 spiro atoms. The van der Waals surface area contributed by atoms with Crippen LogP contribution in [0.4, 0.5) is 5.82 Å². The van der Waals surface area contributed by atoms with Crippen molar-refractivity contribution in [1.82, 2.24) is 9.97 Å². The molecule has 0 unspecified atom stereocenters. The van der Waals surface area contributed by atoms with Gasteiger partial charge in [-0.05, 0) is 24.1 Å². The van der Waals surface area contributed by atoms with Gasteiger partial charge in [-0.2, -0.15) is 4.98 Å². The highest BCUT2D eigenvalue weighted by Crippen LogP contribution is 2.22. The van der Waals surface area contributed by atoms with Crippen LogP contribution in [0.2, 0.25) is 0 Å². The smallest absolute Gasteiger partial charge is 0.224 e. The molecule has 0 fully saturated rings. The number of benzene rings is 1. The Labute approximate surface area is 125 Å². The topological polar surface area (TPSA) is 67.3 Å². The third kappa shape index (κ3) is 4.43. The zero-order valence-electron chi connectivity index (χ0n) is 12.5. The van der Waals surface area contributed by atoms with E-state index in [-0.39, 0.29) is 6.61 Å². The Bertz CT molecular complexity index is 570. The molecule has 0 aliphatic rings. The maximum absolute atomic E-state index is 9.04. The van der Waals surface area contributed by atoms with Crippen LogP contribution in [0.1, 0.15) is 31.7 Å². The number of nitrogens with one attached hydrogen (secondary N) is 1. The van der Waals surface area contributed by atoms with Crippen molar-refractivity contribution in [3.8, 4) is 11.6 Å². The Morgan fingerprint density at radius 3 is 2.52 bits per heavy atom. The summed E-state index contributed by atoms with van der Waals surface area (Å²) in [5.41, 5.74) is 0.851. The number of aliphatic hydroxyl groups is 1. The fourth-order valence-electron chi connectivity index (χ4n) is 1.81. The minimum absolute atomic E-state index is 0.0266. The van der Waals surface area contributed by atoms with Gasteiger partial charge < -0.3 is 15.2 Å². The molecule has 21 heavy (non-hydrogen) atoms. The molecule has 0 saturated heterocycles. The number of rotatable bonds is 7. The number of aryl methyl sites for hydroxylation is 1. The van der Waals surface area contributed by atoms with Crippen LogP contribution in [-0.2, 0) is 13.0 Å². The molecule has 5 nitrogen and oxygen atoms in total. The molecule has 0 saturated carbocycles. The Morgan fingerprint density at radius 2 is 1.90 bits per heavy atom. The Morgan fingerprint density at radius 1 is 1.14 bits per heavy atom. The molecule has 1 aromatic heterocycles. The first-order valence-corrected chi connectivity index (χ1v) is 7.24. The minimum Gasteiger partial charge on any atom is -0.439 e. The zero-order valence-corrected chi connectivity index (χ0v) is 12.5. The molecule has 112 valence electrons. The van der Waals surface area contributed by atoms with Crippen LogP contribution in [0, 0.1) is 0 Å². The molecule has 0 aliphatic carbocycles. The number of hydrogen-bond donors (Lipinski definition) is 2. The number of ether oxygens (including phenoxy) is 1. The highest BCUT2D eigenvalue weighted by molar-refractivity contribution is 5.40. The van der Waals surface area contributed by atoms with Gasteiger partial charge in [0.15, 0.2) is 0 Å². The molecule has 0 aliphatic heterocycles. The molecule has 2 N–H and O–H groups in total. The van der Waals surface area contributed by atoms with Crippen LogP contribution in [0.5, 0.6) is 11.6 Å². The second kappa shape index (κ2) is 7.59. The lowest BCUT2D eigenvalue weighted by atomic mass is 10.2. The largest absolute Gasteiger partial charge is 0.439 e. The predicted octanol–water partition coefficient (Wildman–Crippen LogP) is 3.15. The number of hydrogen-bond acceptors (Lipinski definition) is 5. The SMILES string of the molecule is CCCNc1cc(Oc2ccc(CO)cc2)nc(CC)n1. The third-order valence-corrected chi connectivity index (χ3v) is 2.95. The lowest BCUT2D eigenvalue weighted by Crippen LogP contribution is -2.05. The van der Waals surface area contributed by atoms with Crippen LogP contribution in [0.25, 0.3) is 0 Å². The summed E-state index contributed by atoms with van der Waals surface area (Å²) >= 11 is 0. The van der Waals surface area contributed by atoms with Crippen molar-refractivity contribution < 1.29 is 9.84 Å². The normalized spacial score (nSPS) is 10.4. The van der Waals surface area contributed by atoms with Crippen molar-refractivity contribution in [3.63, 3.8) is 0 Å². The summed E-state index contributed by atoms with van der Waals surface area (Å²) in [6.45, 7) is 5.01. The summed E-state index contributed by atoms with van der Waals surface area (Å²) in [5.74, 6) is 2.75. The summed E-state index contributed by atoms with van der Waals surface area (Å²) in [7, 11) is 0. The first kappa shape index (κ1) is 15.3. The molecule has 5 heteroatoms. The summed E-state index contributed by atoms with van der Waals surface area (Å²) in [6, 6.07) is 9.09. The Kier molecular flexibility index (Phi) is 5.51. The van der Waals surface area contributed by atoms with E-state index in [0.717, 1.165) is 36.6 Å². The van der Waals surface area contributed by atoms with Crippen molar-refractivity contribution in [2.45, 2.75) is 33.3 Å². The third-order valence-electron chi connectivity index (χ3n) is 2.95. The lowest BCUT2D eigenvalue weighted by molar-refractivity contribution is 0.281. The fourth-order valence-corrected chi connectivity index (χ4v) is 1.81. The van der Waals surface area contributed by atoms with Gasteiger partial charge in [-0.1, -0.05) is 26.0 Å². The van der Waals surface area contributed by atoms with Crippen molar-refractivity contribution >= 4 is 5.82 Å². The molecule has 2 rings (SSSR count). The second-order valence-electron chi connectivity index (χ2n) is 4.69. The quantitative estimate of drug-likeness (QED) is 0.819. The van der Waals surface area contributed by atoms with E-state index in [0.29, 0.717) is 11.6 Å². The number of nitrogens with zero attached hydrogens (tertiary/aromatic N) is 2. The molecular weight excluding hydrogens is 266 g/mol. The first-order chi connectivity index (χ1) is 10.2. The Hall–Kier alpha value is -2.14. The molecule has 0 atom stereocenters. The number of anilines is 1. The van der Waals surface area contributed by atoms with Gasteiger partial charge in [0.1, 0.15) is 17.4 Å². The van der Waals surface area contributed by atoms with Crippen molar-refractivity contribution in [2.24, 2.45) is 0 Å². The maximum Gasteiger partial charge on any atom is 0.224 e. The summed E-state index contributed by atoms with van der Waals surface area (Å²) in [4.78, 5) is 8.80. The predicted molar refractivity (Wildman–Crippen MR) is 82.6 cm³/mol. The van der Waals surface area contributed by atoms with E-state index in [1.807, 2.05) is 31.2 Å². The molecule has 0 radical (unpaired) electrons. The van der Waals surface area contributed by atoms with E-state index < -0.39 is 0 Å². The average molecular weight is 287 g/mol. The van der Waals surface area contributed by atoms with Crippen LogP contribution in [0.3, 0.4) is 0 Å². The molecule has 1 aromatic carbocycles. The lowest BCUT2D eigenvalue weighted by Gasteiger charge is -2.10. The van der Waals surface area contributed by atoms with E-state index in [1.54, 1.807) is 6.07 Å². The summed E-state index contributed by atoms with van der Waals surface area (Å²) in [6.07, 6.45) is 1.78. The molecule has 1 heterocycles. The van der Waals surface area contributed by atoms with Gasteiger partial charge >= 0.3 is 0 Å². The standard InChI is InChI=1S/C16H21N3O2/c1-3-9-17-15-10-16(19-14(4-2)18-15)21-13-7-5-12(11-20)6-8-13/h5-8,10,20H,3-4,9,11H2,1-2H3,(H,17,18,19). The van der Waals surface area contributed by atoms with Gasteiger partial charge in [-0.3, -0.25) is 0 Å². The van der Waals surface area contributed by atoms with E-state index in [4.69, 9.17) is 9.84 Å². The summed E-state index contributed by atoms with van der Waals surface area (Å²) < 4.78 is 5.77. The second-order valence-corrected chi connectivity index (χ2v) is 4.69. The Balaban J connectivity index is 2.16. The number of aromatic nitrogens is 2. The highest BCUT2D eigenvalue weighted by atomic mass is 16.5. The van der Waals surface area contributed by atoms with Crippen LogP contribution < -0.4 is 10.1 Å². The highest BCUT2D eigenvalue weighted by Gasteiger charge is 2.05. The number of aliphatic hydroxyl groups excluding tert-OH is 1. The van der Waals surface area contributed by atoms with Gasteiger partial charge in [0.25, 0.3) is 0 Å².